The lowest BCUT2D eigenvalue weighted by Gasteiger charge is -2.08. The van der Waals surface area contributed by atoms with E-state index < -0.39 is 11.0 Å². The molecule has 4 heteroatoms. The van der Waals surface area contributed by atoms with Crippen molar-refractivity contribution in [3.05, 3.63) is 0 Å². The van der Waals surface area contributed by atoms with Crippen molar-refractivity contribution in [1.29, 1.82) is 0 Å². The van der Waals surface area contributed by atoms with Crippen LogP contribution in [0.15, 0.2) is 0 Å². The molecular weight excluding hydrogens is 148 g/mol. The highest BCUT2D eigenvalue weighted by Crippen LogP contribution is 2.31. The molecule has 1 aliphatic carbocycles. The molecule has 0 saturated heterocycles. The molecule has 0 aliphatic heterocycles. The first-order chi connectivity index (χ1) is 4.70. The SMILES string of the molecule is CS(=O)NCC(N)C1CC1. The van der Waals surface area contributed by atoms with E-state index in [-0.39, 0.29) is 6.04 Å². The van der Waals surface area contributed by atoms with Crippen molar-refractivity contribution in [1.82, 2.24) is 4.72 Å². The van der Waals surface area contributed by atoms with E-state index in [0.717, 1.165) is 0 Å². The Morgan fingerprint density at radius 2 is 2.40 bits per heavy atom. The molecule has 0 amide bonds. The van der Waals surface area contributed by atoms with E-state index in [0.29, 0.717) is 12.5 Å². The van der Waals surface area contributed by atoms with Crippen molar-refractivity contribution < 1.29 is 4.21 Å². The van der Waals surface area contributed by atoms with Gasteiger partial charge in [0.2, 0.25) is 0 Å². The maximum Gasteiger partial charge on any atom is 0.0884 e. The van der Waals surface area contributed by atoms with Gasteiger partial charge in [0, 0.05) is 18.8 Å². The second kappa shape index (κ2) is 3.46. The fourth-order valence-corrected chi connectivity index (χ4v) is 1.33. The zero-order valence-electron chi connectivity index (χ0n) is 6.17. The van der Waals surface area contributed by atoms with Gasteiger partial charge >= 0.3 is 0 Å². The molecule has 60 valence electrons. The van der Waals surface area contributed by atoms with Crippen LogP contribution >= 0.6 is 0 Å². The van der Waals surface area contributed by atoms with Gasteiger partial charge in [-0.25, -0.2) is 8.93 Å². The van der Waals surface area contributed by atoms with Gasteiger partial charge in [-0.15, -0.1) is 0 Å². The van der Waals surface area contributed by atoms with Crippen LogP contribution in [0.2, 0.25) is 0 Å². The fraction of sp³-hybridized carbons (Fsp3) is 1.00. The summed E-state index contributed by atoms with van der Waals surface area (Å²) in [6.45, 7) is 0.688. The van der Waals surface area contributed by atoms with Crippen molar-refractivity contribution in [2.24, 2.45) is 11.7 Å². The quantitative estimate of drug-likeness (QED) is 0.591. The average Bonchev–Trinajstić information content (AvgIpc) is 2.63. The van der Waals surface area contributed by atoms with E-state index in [1.54, 1.807) is 6.26 Å². The van der Waals surface area contributed by atoms with E-state index in [4.69, 9.17) is 5.73 Å². The van der Waals surface area contributed by atoms with Gasteiger partial charge < -0.3 is 5.73 Å². The van der Waals surface area contributed by atoms with Crippen LogP contribution < -0.4 is 10.5 Å². The summed E-state index contributed by atoms with van der Waals surface area (Å²) in [4.78, 5) is 0. The lowest BCUT2D eigenvalue weighted by atomic mass is 10.2. The van der Waals surface area contributed by atoms with Crippen molar-refractivity contribution in [3.63, 3.8) is 0 Å². The molecule has 0 aromatic rings. The second-order valence-electron chi connectivity index (χ2n) is 2.80. The maximum atomic E-state index is 10.5. The molecule has 1 rings (SSSR count). The highest BCUT2D eigenvalue weighted by atomic mass is 32.2. The van der Waals surface area contributed by atoms with E-state index >= 15 is 0 Å². The highest BCUT2D eigenvalue weighted by molar-refractivity contribution is 7.82. The van der Waals surface area contributed by atoms with Crippen LogP contribution in [0.5, 0.6) is 0 Å². The molecule has 0 radical (unpaired) electrons. The molecule has 0 aromatic carbocycles. The first-order valence-corrected chi connectivity index (χ1v) is 5.08. The molecule has 3 nitrogen and oxygen atoms in total. The fourth-order valence-electron chi connectivity index (χ4n) is 0.905. The summed E-state index contributed by atoms with van der Waals surface area (Å²) in [5, 5.41) is 0. The van der Waals surface area contributed by atoms with Gasteiger partial charge in [-0.1, -0.05) is 0 Å². The molecule has 10 heavy (non-hydrogen) atoms. The molecule has 0 bridgehead atoms. The number of hydrogen-bond acceptors (Lipinski definition) is 2. The lowest BCUT2D eigenvalue weighted by Crippen LogP contribution is -2.35. The topological polar surface area (TPSA) is 55.1 Å². The Kier molecular flexibility index (Phi) is 2.82. The van der Waals surface area contributed by atoms with Gasteiger partial charge in [-0.2, -0.15) is 0 Å². The summed E-state index contributed by atoms with van der Waals surface area (Å²) in [5.41, 5.74) is 5.73. The molecule has 1 aliphatic rings. The van der Waals surface area contributed by atoms with Crippen LogP contribution in [-0.4, -0.2) is 23.1 Å². The molecule has 0 aromatic heterocycles. The Hall–Kier alpha value is 0.0700. The largest absolute Gasteiger partial charge is 0.326 e. The van der Waals surface area contributed by atoms with Crippen molar-refractivity contribution >= 4 is 11.0 Å². The standard InChI is InChI=1S/C6H14N2OS/c1-10(9)8-4-6(7)5-2-3-5/h5-6,8H,2-4,7H2,1H3. The third-order valence-corrected chi connectivity index (χ3v) is 2.32. The minimum absolute atomic E-state index is 0.212. The van der Waals surface area contributed by atoms with Crippen molar-refractivity contribution in [2.75, 3.05) is 12.8 Å². The van der Waals surface area contributed by atoms with Crippen LogP contribution in [0, 0.1) is 5.92 Å². The molecule has 0 spiro atoms. The first kappa shape index (κ1) is 8.17. The lowest BCUT2D eigenvalue weighted by molar-refractivity contribution is 0.580. The summed E-state index contributed by atoms with van der Waals surface area (Å²) in [7, 11) is -0.905. The van der Waals surface area contributed by atoms with Gasteiger partial charge in [0.25, 0.3) is 0 Å². The predicted molar refractivity (Wildman–Crippen MR) is 42.8 cm³/mol. The Morgan fingerprint density at radius 1 is 1.80 bits per heavy atom. The summed E-state index contributed by atoms with van der Waals surface area (Å²) in [6, 6.07) is 0.212. The normalized spacial score (nSPS) is 24.2. The average molecular weight is 162 g/mol. The highest BCUT2D eigenvalue weighted by Gasteiger charge is 2.27. The minimum atomic E-state index is -0.905. The summed E-state index contributed by atoms with van der Waals surface area (Å²) >= 11 is 0. The molecule has 3 N–H and O–H groups in total. The molecular formula is C6H14N2OS. The third-order valence-electron chi connectivity index (χ3n) is 1.75. The molecule has 1 saturated carbocycles. The summed E-state index contributed by atoms with van der Waals surface area (Å²) in [5.74, 6) is 0.691. The van der Waals surface area contributed by atoms with Gasteiger partial charge in [0.15, 0.2) is 0 Å². The zero-order valence-corrected chi connectivity index (χ0v) is 6.99. The Labute approximate surface area is 64.0 Å². The van der Waals surface area contributed by atoms with Gasteiger partial charge in [0.1, 0.15) is 0 Å². The smallest absolute Gasteiger partial charge is 0.0884 e. The van der Waals surface area contributed by atoms with Gasteiger partial charge in [-0.05, 0) is 18.8 Å². The van der Waals surface area contributed by atoms with Gasteiger partial charge in [0.05, 0.1) is 11.0 Å². The number of hydrogen-bond donors (Lipinski definition) is 2. The second-order valence-corrected chi connectivity index (χ2v) is 4.00. The van der Waals surface area contributed by atoms with Crippen molar-refractivity contribution in [2.45, 2.75) is 18.9 Å². The third kappa shape index (κ3) is 2.77. The maximum absolute atomic E-state index is 10.5. The van der Waals surface area contributed by atoms with E-state index in [1.165, 1.54) is 12.8 Å². The summed E-state index contributed by atoms with van der Waals surface area (Å²) in [6.07, 6.45) is 4.12. The Balaban J connectivity index is 2.05. The monoisotopic (exact) mass is 162 g/mol. The van der Waals surface area contributed by atoms with Crippen molar-refractivity contribution in [3.8, 4) is 0 Å². The molecule has 0 heterocycles. The van der Waals surface area contributed by atoms with Crippen LogP contribution in [0.3, 0.4) is 0 Å². The van der Waals surface area contributed by atoms with Crippen LogP contribution in [0.1, 0.15) is 12.8 Å². The Morgan fingerprint density at radius 3 is 2.80 bits per heavy atom. The van der Waals surface area contributed by atoms with Crippen LogP contribution in [-0.2, 0) is 11.0 Å². The van der Waals surface area contributed by atoms with Gasteiger partial charge in [-0.3, -0.25) is 0 Å². The number of nitrogens with two attached hydrogens (primary N) is 1. The Bertz CT molecular complexity index is 136. The number of nitrogens with one attached hydrogen (secondary N) is 1. The molecule has 1 fully saturated rings. The number of rotatable bonds is 4. The van der Waals surface area contributed by atoms with E-state index in [2.05, 4.69) is 4.72 Å². The van der Waals surface area contributed by atoms with E-state index in [9.17, 15) is 4.21 Å². The predicted octanol–water partition coefficient (Wildman–Crippen LogP) is -0.393. The summed E-state index contributed by atoms with van der Waals surface area (Å²) < 4.78 is 13.3. The van der Waals surface area contributed by atoms with Crippen LogP contribution in [0.4, 0.5) is 0 Å². The first-order valence-electron chi connectivity index (χ1n) is 3.52. The van der Waals surface area contributed by atoms with E-state index in [1.807, 2.05) is 0 Å². The molecule has 2 unspecified atom stereocenters. The minimum Gasteiger partial charge on any atom is -0.326 e. The zero-order chi connectivity index (χ0) is 7.56. The molecule has 2 atom stereocenters. The van der Waals surface area contributed by atoms with Crippen LogP contribution in [0.25, 0.3) is 0 Å².